The molecule has 0 fully saturated rings. The summed E-state index contributed by atoms with van der Waals surface area (Å²) < 4.78 is 0.969. The molecule has 0 atom stereocenters. The number of hydrogen-bond acceptors (Lipinski definition) is 2. The summed E-state index contributed by atoms with van der Waals surface area (Å²) >= 11 is 3.49. The highest BCUT2D eigenvalue weighted by Crippen LogP contribution is 2.29. The minimum atomic E-state index is -0.800. The second-order valence-electron chi connectivity index (χ2n) is 4.98. The maximum Gasteiger partial charge on any atom is 0.310 e. The summed E-state index contributed by atoms with van der Waals surface area (Å²) in [5.41, 5.74) is 2.47. The van der Waals surface area contributed by atoms with Gasteiger partial charge in [-0.2, -0.15) is 0 Å². The van der Waals surface area contributed by atoms with Gasteiger partial charge in [-0.15, -0.1) is 0 Å². The molecule has 4 heteroatoms. The zero-order valence-electron chi connectivity index (χ0n) is 10.6. The average Bonchev–Trinajstić information content (AvgIpc) is 2.15. The summed E-state index contributed by atoms with van der Waals surface area (Å²) in [6, 6.07) is 4.09. The van der Waals surface area contributed by atoms with E-state index in [9.17, 15) is 4.79 Å². The Bertz CT molecular complexity index is 418. The van der Waals surface area contributed by atoms with Gasteiger partial charge < -0.3 is 10.4 Å². The zero-order valence-corrected chi connectivity index (χ0v) is 12.2. The van der Waals surface area contributed by atoms with Crippen LogP contribution in [-0.2, 0) is 4.79 Å². The van der Waals surface area contributed by atoms with E-state index in [-0.39, 0.29) is 0 Å². The normalized spacial score (nSPS) is 11.4. The first kappa shape index (κ1) is 14.0. The summed E-state index contributed by atoms with van der Waals surface area (Å²) in [6.07, 6.45) is 0. The summed E-state index contributed by atoms with van der Waals surface area (Å²) in [5, 5.41) is 12.3. The van der Waals surface area contributed by atoms with Gasteiger partial charge in [0.1, 0.15) is 0 Å². The van der Waals surface area contributed by atoms with E-state index in [4.69, 9.17) is 5.11 Å². The van der Waals surface area contributed by atoms with Crippen molar-refractivity contribution in [2.45, 2.75) is 27.7 Å². The van der Waals surface area contributed by atoms with Gasteiger partial charge in [0, 0.05) is 11.0 Å². The van der Waals surface area contributed by atoms with Gasteiger partial charge in [0.05, 0.1) is 11.1 Å². The van der Waals surface area contributed by atoms with E-state index in [0.29, 0.717) is 6.54 Å². The largest absolute Gasteiger partial charge is 0.481 e. The monoisotopic (exact) mass is 299 g/mol. The number of carboxylic acids is 1. The van der Waals surface area contributed by atoms with Crippen LogP contribution in [0.4, 0.5) is 5.69 Å². The quantitative estimate of drug-likeness (QED) is 0.893. The van der Waals surface area contributed by atoms with Crippen LogP contribution in [0.25, 0.3) is 0 Å². The Morgan fingerprint density at radius 1 is 1.41 bits per heavy atom. The van der Waals surface area contributed by atoms with Crippen molar-refractivity contribution in [3.8, 4) is 0 Å². The van der Waals surface area contributed by atoms with E-state index in [2.05, 4.69) is 27.3 Å². The third-order valence-electron chi connectivity index (χ3n) is 2.72. The Morgan fingerprint density at radius 3 is 2.47 bits per heavy atom. The smallest absolute Gasteiger partial charge is 0.310 e. The fourth-order valence-electron chi connectivity index (χ4n) is 1.52. The highest BCUT2D eigenvalue weighted by atomic mass is 79.9. The number of aryl methyl sites for hydroxylation is 2. The third-order valence-corrected chi connectivity index (χ3v) is 3.34. The zero-order chi connectivity index (χ0) is 13.2. The molecule has 1 rings (SSSR count). The van der Waals surface area contributed by atoms with Crippen LogP contribution >= 0.6 is 15.9 Å². The predicted octanol–water partition coefficient (Wildman–Crippen LogP) is 3.59. The number of hydrogen-bond donors (Lipinski definition) is 2. The second-order valence-corrected chi connectivity index (χ2v) is 5.84. The molecule has 0 spiro atoms. The van der Waals surface area contributed by atoms with Crippen LogP contribution in [0.1, 0.15) is 25.0 Å². The molecule has 1 aromatic rings. The Balaban J connectivity index is 2.87. The molecule has 0 amide bonds. The number of carboxylic acid groups (broad SMARTS) is 1. The lowest BCUT2D eigenvalue weighted by atomic mass is 9.93. The Hall–Kier alpha value is -1.03. The van der Waals surface area contributed by atoms with Gasteiger partial charge in [-0.3, -0.25) is 4.79 Å². The van der Waals surface area contributed by atoms with Crippen molar-refractivity contribution >= 4 is 27.6 Å². The minimum absolute atomic E-state index is 0.394. The molecule has 0 aliphatic rings. The number of carbonyl (C=O) groups is 1. The molecule has 3 nitrogen and oxygen atoms in total. The number of nitrogens with one attached hydrogen (secondary N) is 1. The number of rotatable bonds is 4. The van der Waals surface area contributed by atoms with Gasteiger partial charge in [-0.05, 0) is 60.8 Å². The Morgan fingerprint density at radius 2 is 2.00 bits per heavy atom. The number of halogens is 1. The molecule has 2 N–H and O–H groups in total. The van der Waals surface area contributed by atoms with Crippen molar-refractivity contribution in [1.82, 2.24) is 0 Å². The van der Waals surface area contributed by atoms with Crippen LogP contribution < -0.4 is 5.32 Å². The van der Waals surface area contributed by atoms with Crippen LogP contribution in [0.2, 0.25) is 0 Å². The van der Waals surface area contributed by atoms with Gasteiger partial charge in [0.15, 0.2) is 0 Å². The molecule has 0 bridgehead atoms. The molecule has 0 aliphatic heterocycles. The first-order valence-electron chi connectivity index (χ1n) is 5.48. The molecular formula is C13H18BrNO2. The van der Waals surface area contributed by atoms with Gasteiger partial charge in [-0.25, -0.2) is 0 Å². The molecular weight excluding hydrogens is 282 g/mol. The van der Waals surface area contributed by atoms with Crippen molar-refractivity contribution in [2.24, 2.45) is 5.41 Å². The second kappa shape index (κ2) is 5.08. The van der Waals surface area contributed by atoms with Crippen LogP contribution in [0.15, 0.2) is 16.6 Å². The molecule has 0 aliphatic carbocycles. The molecule has 1 aromatic carbocycles. The van der Waals surface area contributed by atoms with E-state index in [0.717, 1.165) is 15.7 Å². The van der Waals surface area contributed by atoms with Crippen LogP contribution in [0.5, 0.6) is 0 Å². The van der Waals surface area contributed by atoms with E-state index < -0.39 is 11.4 Å². The molecule has 0 heterocycles. The fourth-order valence-corrected chi connectivity index (χ4v) is 2.34. The summed E-state index contributed by atoms with van der Waals surface area (Å²) in [6.45, 7) is 7.85. The highest BCUT2D eigenvalue weighted by molar-refractivity contribution is 9.10. The lowest BCUT2D eigenvalue weighted by Gasteiger charge is -2.22. The van der Waals surface area contributed by atoms with Crippen molar-refractivity contribution in [2.75, 3.05) is 11.9 Å². The molecule has 94 valence electrons. The van der Waals surface area contributed by atoms with Gasteiger partial charge in [0.2, 0.25) is 0 Å². The fraction of sp³-hybridized carbons (Fsp3) is 0.462. The van der Waals surface area contributed by atoms with Gasteiger partial charge in [0.25, 0.3) is 0 Å². The summed E-state index contributed by atoms with van der Waals surface area (Å²) in [4.78, 5) is 11.0. The Labute approximate surface area is 110 Å². The van der Waals surface area contributed by atoms with Crippen LogP contribution in [0, 0.1) is 19.3 Å². The lowest BCUT2D eigenvalue weighted by Crippen LogP contribution is -2.32. The average molecular weight is 300 g/mol. The van der Waals surface area contributed by atoms with Crippen molar-refractivity contribution in [3.63, 3.8) is 0 Å². The number of benzene rings is 1. The molecule has 0 saturated heterocycles. The topological polar surface area (TPSA) is 49.3 Å². The maximum absolute atomic E-state index is 11.0. The molecule has 0 saturated carbocycles. The maximum atomic E-state index is 11.0. The van der Waals surface area contributed by atoms with Crippen molar-refractivity contribution in [1.29, 1.82) is 0 Å². The summed E-state index contributed by atoms with van der Waals surface area (Å²) in [7, 11) is 0. The predicted molar refractivity (Wildman–Crippen MR) is 73.5 cm³/mol. The van der Waals surface area contributed by atoms with Crippen molar-refractivity contribution in [3.05, 3.63) is 27.7 Å². The van der Waals surface area contributed by atoms with E-state index in [1.54, 1.807) is 13.8 Å². The van der Waals surface area contributed by atoms with Crippen molar-refractivity contribution < 1.29 is 9.90 Å². The standard InChI is InChI=1S/C13H18BrNO2/c1-8-5-9(2)11(10(14)6-8)15-7-13(3,4)12(16)17/h5-6,15H,7H2,1-4H3,(H,16,17). The summed E-state index contributed by atoms with van der Waals surface area (Å²) in [5.74, 6) is -0.800. The van der Waals surface area contributed by atoms with Gasteiger partial charge >= 0.3 is 5.97 Å². The first-order chi connectivity index (χ1) is 7.74. The first-order valence-corrected chi connectivity index (χ1v) is 6.27. The van der Waals surface area contributed by atoms with E-state index in [1.165, 1.54) is 5.56 Å². The molecule has 0 unspecified atom stereocenters. The SMILES string of the molecule is Cc1cc(C)c(NCC(C)(C)C(=O)O)c(Br)c1. The van der Waals surface area contributed by atoms with Crippen LogP contribution in [-0.4, -0.2) is 17.6 Å². The van der Waals surface area contributed by atoms with Crippen LogP contribution in [0.3, 0.4) is 0 Å². The molecule has 17 heavy (non-hydrogen) atoms. The molecule has 0 aromatic heterocycles. The Kier molecular flexibility index (Phi) is 4.20. The number of aliphatic carboxylic acids is 1. The molecule has 0 radical (unpaired) electrons. The minimum Gasteiger partial charge on any atom is -0.481 e. The van der Waals surface area contributed by atoms with E-state index in [1.807, 2.05) is 19.9 Å². The lowest BCUT2D eigenvalue weighted by molar-refractivity contribution is -0.146. The van der Waals surface area contributed by atoms with E-state index >= 15 is 0 Å². The number of anilines is 1. The third kappa shape index (κ3) is 3.46. The highest BCUT2D eigenvalue weighted by Gasteiger charge is 2.27. The van der Waals surface area contributed by atoms with Gasteiger partial charge in [-0.1, -0.05) is 6.07 Å².